The summed E-state index contributed by atoms with van der Waals surface area (Å²) in [6.07, 6.45) is 3.02. The van der Waals surface area contributed by atoms with Crippen LogP contribution in [0.4, 0.5) is 5.69 Å². The maximum absolute atomic E-state index is 11.8. The summed E-state index contributed by atoms with van der Waals surface area (Å²) in [4.78, 5) is 13.6. The second-order valence-electron chi connectivity index (χ2n) is 4.07. The van der Waals surface area contributed by atoms with Gasteiger partial charge in [-0.2, -0.15) is 0 Å². The topological polar surface area (TPSA) is 20.3 Å². The van der Waals surface area contributed by atoms with Crippen molar-refractivity contribution in [2.45, 2.75) is 26.7 Å². The molecule has 0 fully saturated rings. The fraction of sp³-hybridized carbons (Fsp3) is 0.357. The monoisotopic (exact) mass is 217 g/mol. The Morgan fingerprint density at radius 2 is 2.12 bits per heavy atom. The summed E-state index contributed by atoms with van der Waals surface area (Å²) in [6, 6.07) is 6.14. The van der Waals surface area contributed by atoms with Gasteiger partial charge in [-0.05, 0) is 37.5 Å². The highest BCUT2D eigenvalue weighted by molar-refractivity contribution is 5.93. The number of carbonyl (C=O) groups is 1. The minimum atomic E-state index is 0.133. The van der Waals surface area contributed by atoms with Gasteiger partial charge in [0.25, 0.3) is 0 Å². The number of aryl methyl sites for hydroxylation is 2. The molecule has 2 nitrogen and oxygen atoms in total. The van der Waals surface area contributed by atoms with Gasteiger partial charge in [-0.25, -0.2) is 0 Å². The molecule has 0 heterocycles. The van der Waals surface area contributed by atoms with Gasteiger partial charge in [0.2, 0.25) is 5.91 Å². The van der Waals surface area contributed by atoms with Crippen LogP contribution in [-0.4, -0.2) is 13.0 Å². The van der Waals surface area contributed by atoms with Crippen molar-refractivity contribution in [3.63, 3.8) is 0 Å². The van der Waals surface area contributed by atoms with Crippen molar-refractivity contribution in [1.82, 2.24) is 0 Å². The van der Waals surface area contributed by atoms with Gasteiger partial charge in [-0.15, -0.1) is 6.58 Å². The van der Waals surface area contributed by atoms with Gasteiger partial charge in [0.15, 0.2) is 0 Å². The van der Waals surface area contributed by atoms with Crippen molar-refractivity contribution < 1.29 is 4.79 Å². The van der Waals surface area contributed by atoms with E-state index >= 15 is 0 Å². The third-order valence-electron chi connectivity index (χ3n) is 2.66. The summed E-state index contributed by atoms with van der Waals surface area (Å²) < 4.78 is 0. The van der Waals surface area contributed by atoms with Gasteiger partial charge in [0, 0.05) is 19.2 Å². The number of allylic oxidation sites excluding steroid dienone is 1. The second-order valence-corrected chi connectivity index (χ2v) is 4.07. The molecule has 16 heavy (non-hydrogen) atoms. The van der Waals surface area contributed by atoms with E-state index in [0.717, 1.165) is 17.7 Å². The molecule has 1 rings (SSSR count). The predicted molar refractivity (Wildman–Crippen MR) is 68.8 cm³/mol. The van der Waals surface area contributed by atoms with Gasteiger partial charge in [0.1, 0.15) is 0 Å². The molecule has 0 spiro atoms. The fourth-order valence-electron chi connectivity index (χ4n) is 1.61. The SMILES string of the molecule is C=CCCC(=O)N(C)c1cc(C)ccc1C. The van der Waals surface area contributed by atoms with Crippen molar-refractivity contribution in [2.75, 3.05) is 11.9 Å². The van der Waals surface area contributed by atoms with E-state index in [1.807, 2.05) is 33.0 Å². The highest BCUT2D eigenvalue weighted by Crippen LogP contribution is 2.21. The molecule has 0 atom stereocenters. The molecule has 0 saturated heterocycles. The van der Waals surface area contributed by atoms with Crippen LogP contribution in [0.3, 0.4) is 0 Å². The number of carbonyl (C=O) groups excluding carboxylic acids is 1. The van der Waals surface area contributed by atoms with E-state index in [4.69, 9.17) is 0 Å². The Morgan fingerprint density at radius 1 is 1.44 bits per heavy atom. The van der Waals surface area contributed by atoms with Crippen molar-refractivity contribution in [3.8, 4) is 0 Å². The lowest BCUT2D eigenvalue weighted by atomic mass is 10.1. The van der Waals surface area contributed by atoms with Crippen LogP contribution in [0.15, 0.2) is 30.9 Å². The van der Waals surface area contributed by atoms with Gasteiger partial charge in [0.05, 0.1) is 0 Å². The zero-order chi connectivity index (χ0) is 12.1. The lowest BCUT2D eigenvalue weighted by Gasteiger charge is -2.19. The van der Waals surface area contributed by atoms with Crippen molar-refractivity contribution >= 4 is 11.6 Å². The average Bonchev–Trinajstić information content (AvgIpc) is 2.28. The zero-order valence-corrected chi connectivity index (χ0v) is 10.3. The number of rotatable bonds is 4. The first-order valence-corrected chi connectivity index (χ1v) is 5.51. The Bertz CT molecular complexity index is 396. The van der Waals surface area contributed by atoms with E-state index in [1.54, 1.807) is 11.0 Å². The summed E-state index contributed by atoms with van der Waals surface area (Å²) in [5.41, 5.74) is 3.29. The van der Waals surface area contributed by atoms with Crippen molar-refractivity contribution in [3.05, 3.63) is 42.0 Å². The lowest BCUT2D eigenvalue weighted by molar-refractivity contribution is -0.118. The van der Waals surface area contributed by atoms with Gasteiger partial charge in [-0.3, -0.25) is 4.79 Å². The molecule has 0 saturated carbocycles. The molecule has 1 aromatic rings. The lowest BCUT2D eigenvalue weighted by Crippen LogP contribution is -2.26. The summed E-state index contributed by atoms with van der Waals surface area (Å²) in [5, 5.41) is 0. The Labute approximate surface area is 97.6 Å². The minimum Gasteiger partial charge on any atom is -0.315 e. The Hall–Kier alpha value is -1.57. The number of nitrogens with zero attached hydrogens (tertiary/aromatic N) is 1. The standard InChI is InChI=1S/C14H19NO/c1-5-6-7-14(16)15(4)13-10-11(2)8-9-12(13)3/h5,8-10H,1,6-7H2,2-4H3. The summed E-state index contributed by atoms with van der Waals surface area (Å²) in [6.45, 7) is 7.68. The molecule has 0 aliphatic heterocycles. The van der Waals surface area contributed by atoms with Gasteiger partial charge >= 0.3 is 0 Å². The Morgan fingerprint density at radius 3 is 2.75 bits per heavy atom. The first kappa shape index (κ1) is 12.5. The van der Waals surface area contributed by atoms with Crippen LogP contribution in [0.2, 0.25) is 0 Å². The molecule has 2 heteroatoms. The Kier molecular flexibility index (Phi) is 4.29. The molecule has 0 radical (unpaired) electrons. The predicted octanol–water partition coefficient (Wildman–Crippen LogP) is 3.23. The van der Waals surface area contributed by atoms with E-state index in [2.05, 4.69) is 12.6 Å². The highest BCUT2D eigenvalue weighted by atomic mass is 16.2. The fourth-order valence-corrected chi connectivity index (χ4v) is 1.61. The van der Waals surface area contributed by atoms with E-state index in [-0.39, 0.29) is 5.91 Å². The number of hydrogen-bond acceptors (Lipinski definition) is 1. The van der Waals surface area contributed by atoms with E-state index < -0.39 is 0 Å². The maximum atomic E-state index is 11.8. The van der Waals surface area contributed by atoms with Crippen LogP contribution in [0, 0.1) is 13.8 Å². The van der Waals surface area contributed by atoms with Crippen molar-refractivity contribution in [1.29, 1.82) is 0 Å². The minimum absolute atomic E-state index is 0.133. The third-order valence-corrected chi connectivity index (χ3v) is 2.66. The Balaban J connectivity index is 2.86. The first-order chi connectivity index (χ1) is 7.56. The van der Waals surface area contributed by atoms with Crippen molar-refractivity contribution in [2.24, 2.45) is 0 Å². The zero-order valence-electron chi connectivity index (χ0n) is 10.3. The van der Waals surface area contributed by atoms with E-state index in [1.165, 1.54) is 5.56 Å². The van der Waals surface area contributed by atoms with Crippen LogP contribution in [0.1, 0.15) is 24.0 Å². The quantitative estimate of drug-likeness (QED) is 0.709. The molecule has 0 unspecified atom stereocenters. The third kappa shape index (κ3) is 2.96. The van der Waals surface area contributed by atoms with Crippen LogP contribution >= 0.6 is 0 Å². The number of hydrogen-bond donors (Lipinski definition) is 0. The average molecular weight is 217 g/mol. The van der Waals surface area contributed by atoms with Gasteiger partial charge < -0.3 is 4.90 Å². The molecule has 1 aromatic carbocycles. The smallest absolute Gasteiger partial charge is 0.227 e. The molecule has 0 aromatic heterocycles. The molecular weight excluding hydrogens is 198 g/mol. The van der Waals surface area contributed by atoms with E-state index in [9.17, 15) is 4.79 Å². The van der Waals surface area contributed by atoms with Crippen LogP contribution in [0.5, 0.6) is 0 Å². The molecule has 0 bridgehead atoms. The molecule has 0 N–H and O–H groups in total. The molecule has 0 aliphatic carbocycles. The first-order valence-electron chi connectivity index (χ1n) is 5.51. The normalized spacial score (nSPS) is 9.94. The second kappa shape index (κ2) is 5.50. The summed E-state index contributed by atoms with van der Waals surface area (Å²) >= 11 is 0. The number of amides is 1. The van der Waals surface area contributed by atoms with Crippen LogP contribution in [-0.2, 0) is 4.79 Å². The highest BCUT2D eigenvalue weighted by Gasteiger charge is 2.11. The summed E-state index contributed by atoms with van der Waals surface area (Å²) in [7, 11) is 1.83. The molecular formula is C14H19NO. The maximum Gasteiger partial charge on any atom is 0.227 e. The summed E-state index contributed by atoms with van der Waals surface area (Å²) in [5.74, 6) is 0.133. The van der Waals surface area contributed by atoms with Crippen LogP contribution < -0.4 is 4.90 Å². The molecule has 1 amide bonds. The molecule has 86 valence electrons. The number of anilines is 1. The van der Waals surface area contributed by atoms with E-state index in [0.29, 0.717) is 6.42 Å². The largest absolute Gasteiger partial charge is 0.315 e. The van der Waals surface area contributed by atoms with Crippen LogP contribution in [0.25, 0.3) is 0 Å². The number of benzene rings is 1. The molecule has 0 aliphatic rings. The van der Waals surface area contributed by atoms with Gasteiger partial charge in [-0.1, -0.05) is 18.2 Å².